The van der Waals surface area contributed by atoms with Crippen molar-refractivity contribution in [2.75, 3.05) is 7.05 Å². The van der Waals surface area contributed by atoms with Crippen molar-refractivity contribution in [2.45, 2.75) is 23.5 Å². The van der Waals surface area contributed by atoms with E-state index >= 15 is 0 Å². The Morgan fingerprint density at radius 3 is 2.82 bits per heavy atom. The van der Waals surface area contributed by atoms with Gasteiger partial charge in [-0.2, -0.15) is 0 Å². The van der Waals surface area contributed by atoms with Crippen LogP contribution in [0.2, 0.25) is 0 Å². The Morgan fingerprint density at radius 2 is 2.18 bits per heavy atom. The van der Waals surface area contributed by atoms with Gasteiger partial charge in [0.25, 0.3) is 0 Å². The molecule has 0 aromatic carbocycles. The van der Waals surface area contributed by atoms with E-state index in [0.29, 0.717) is 0 Å². The Hall–Kier alpha value is -1.39. The van der Waals surface area contributed by atoms with Crippen LogP contribution in [-0.4, -0.2) is 17.0 Å². The molecule has 0 bridgehead atoms. The normalized spacial score (nSPS) is 10.5. The lowest BCUT2D eigenvalue weighted by Gasteiger charge is -2.06. The minimum atomic E-state index is 0.850. The number of aryl methyl sites for hydroxylation is 1. The van der Waals surface area contributed by atoms with Crippen LogP contribution in [0.5, 0.6) is 0 Å². The van der Waals surface area contributed by atoms with E-state index in [1.807, 2.05) is 31.4 Å². The lowest BCUT2D eigenvalue weighted by molar-refractivity contribution is 0.806. The van der Waals surface area contributed by atoms with Crippen LogP contribution in [-0.2, 0) is 6.54 Å². The molecule has 0 aliphatic carbocycles. The summed E-state index contributed by atoms with van der Waals surface area (Å²) in [6.45, 7) is 2.93. The van der Waals surface area contributed by atoms with Crippen molar-refractivity contribution in [3.63, 3.8) is 0 Å². The van der Waals surface area contributed by atoms with Crippen molar-refractivity contribution in [1.82, 2.24) is 15.3 Å². The third-order valence-corrected chi connectivity index (χ3v) is 3.38. The van der Waals surface area contributed by atoms with Crippen LogP contribution in [0.15, 0.2) is 46.7 Å². The van der Waals surface area contributed by atoms with Gasteiger partial charge in [-0.15, -0.1) is 0 Å². The van der Waals surface area contributed by atoms with Crippen LogP contribution < -0.4 is 5.32 Å². The molecule has 2 rings (SSSR count). The van der Waals surface area contributed by atoms with E-state index in [2.05, 4.69) is 28.3 Å². The smallest absolute Gasteiger partial charge is 0.105 e. The maximum absolute atomic E-state index is 4.48. The predicted molar refractivity (Wildman–Crippen MR) is 70.1 cm³/mol. The minimum absolute atomic E-state index is 0.850. The average Bonchev–Trinajstić information content (AvgIpc) is 2.34. The number of pyridine rings is 2. The standard InChI is InChI=1S/C13H15N3S/c1-10-7-11(8-14-2)9-16-13(10)17-12-5-3-4-6-15-12/h3-7,9,14H,8H2,1-2H3. The lowest BCUT2D eigenvalue weighted by atomic mass is 10.2. The van der Waals surface area contributed by atoms with Crippen molar-refractivity contribution in [2.24, 2.45) is 0 Å². The molecule has 0 saturated carbocycles. The molecule has 0 fully saturated rings. The number of hydrogen-bond acceptors (Lipinski definition) is 4. The summed E-state index contributed by atoms with van der Waals surface area (Å²) in [6, 6.07) is 8.06. The first-order valence-electron chi connectivity index (χ1n) is 5.48. The van der Waals surface area contributed by atoms with E-state index in [-0.39, 0.29) is 0 Å². The predicted octanol–water partition coefficient (Wildman–Crippen LogP) is 2.66. The number of nitrogens with zero attached hydrogens (tertiary/aromatic N) is 2. The van der Waals surface area contributed by atoms with Gasteiger partial charge in [0.1, 0.15) is 10.1 Å². The Balaban J connectivity index is 2.17. The average molecular weight is 245 g/mol. The summed E-state index contributed by atoms with van der Waals surface area (Å²) >= 11 is 1.60. The molecule has 0 atom stereocenters. The molecule has 0 aliphatic heterocycles. The first kappa shape index (κ1) is 12.1. The highest BCUT2D eigenvalue weighted by molar-refractivity contribution is 7.99. The minimum Gasteiger partial charge on any atom is -0.316 e. The molecule has 0 spiro atoms. The van der Waals surface area contributed by atoms with Gasteiger partial charge in [-0.3, -0.25) is 0 Å². The summed E-state index contributed by atoms with van der Waals surface area (Å²) in [5.74, 6) is 0. The highest BCUT2D eigenvalue weighted by Crippen LogP contribution is 2.26. The third-order valence-electron chi connectivity index (χ3n) is 2.31. The van der Waals surface area contributed by atoms with Crippen LogP contribution in [0, 0.1) is 6.92 Å². The zero-order valence-electron chi connectivity index (χ0n) is 9.97. The molecule has 2 aromatic rings. The molecule has 4 heteroatoms. The monoisotopic (exact) mass is 245 g/mol. The Bertz CT molecular complexity index is 485. The summed E-state index contributed by atoms with van der Waals surface area (Å²) in [5, 5.41) is 5.11. The van der Waals surface area contributed by atoms with Gasteiger partial charge in [0.15, 0.2) is 0 Å². The molecule has 3 nitrogen and oxygen atoms in total. The molecule has 17 heavy (non-hydrogen) atoms. The Kier molecular flexibility index (Phi) is 4.12. The van der Waals surface area contributed by atoms with Crippen molar-refractivity contribution in [1.29, 1.82) is 0 Å². The molecular formula is C13H15N3S. The van der Waals surface area contributed by atoms with Crippen LogP contribution in [0.25, 0.3) is 0 Å². The second kappa shape index (κ2) is 5.80. The van der Waals surface area contributed by atoms with Crippen molar-refractivity contribution in [3.8, 4) is 0 Å². The van der Waals surface area contributed by atoms with E-state index in [1.165, 1.54) is 11.1 Å². The van der Waals surface area contributed by atoms with Crippen molar-refractivity contribution in [3.05, 3.63) is 47.8 Å². The topological polar surface area (TPSA) is 37.8 Å². The van der Waals surface area contributed by atoms with Gasteiger partial charge in [0.2, 0.25) is 0 Å². The SMILES string of the molecule is CNCc1cnc(Sc2ccccn2)c(C)c1. The molecule has 0 amide bonds. The number of hydrogen-bond donors (Lipinski definition) is 1. The highest BCUT2D eigenvalue weighted by Gasteiger charge is 2.04. The van der Waals surface area contributed by atoms with Gasteiger partial charge < -0.3 is 5.32 Å². The van der Waals surface area contributed by atoms with Crippen LogP contribution in [0.4, 0.5) is 0 Å². The van der Waals surface area contributed by atoms with E-state index in [4.69, 9.17) is 0 Å². The van der Waals surface area contributed by atoms with E-state index in [9.17, 15) is 0 Å². The molecule has 0 unspecified atom stereocenters. The fourth-order valence-corrected chi connectivity index (χ4v) is 2.32. The second-order valence-electron chi connectivity index (χ2n) is 3.77. The summed E-state index contributed by atoms with van der Waals surface area (Å²) in [6.07, 6.45) is 3.71. The Labute approximate surface area is 106 Å². The lowest BCUT2D eigenvalue weighted by Crippen LogP contribution is -2.05. The molecule has 2 heterocycles. The third kappa shape index (κ3) is 3.28. The highest BCUT2D eigenvalue weighted by atomic mass is 32.2. The number of aromatic nitrogens is 2. The Morgan fingerprint density at radius 1 is 1.29 bits per heavy atom. The second-order valence-corrected chi connectivity index (χ2v) is 4.78. The molecule has 0 saturated heterocycles. The van der Waals surface area contributed by atoms with Gasteiger partial charge in [-0.25, -0.2) is 9.97 Å². The fourth-order valence-electron chi connectivity index (χ4n) is 1.53. The first-order valence-corrected chi connectivity index (χ1v) is 6.30. The molecule has 2 aromatic heterocycles. The van der Waals surface area contributed by atoms with Crippen molar-refractivity contribution >= 4 is 11.8 Å². The van der Waals surface area contributed by atoms with Gasteiger partial charge in [-0.1, -0.05) is 12.1 Å². The summed E-state index contributed by atoms with van der Waals surface area (Å²) < 4.78 is 0. The quantitative estimate of drug-likeness (QED) is 0.898. The zero-order valence-corrected chi connectivity index (χ0v) is 10.8. The molecule has 1 N–H and O–H groups in total. The van der Waals surface area contributed by atoms with E-state index < -0.39 is 0 Å². The maximum Gasteiger partial charge on any atom is 0.105 e. The summed E-state index contributed by atoms with van der Waals surface area (Å²) in [5.41, 5.74) is 2.39. The molecular weight excluding hydrogens is 230 g/mol. The molecule has 0 radical (unpaired) electrons. The fraction of sp³-hybridized carbons (Fsp3) is 0.231. The molecule has 0 aliphatic rings. The van der Waals surface area contributed by atoms with E-state index in [1.54, 1.807) is 18.0 Å². The summed E-state index contributed by atoms with van der Waals surface area (Å²) in [4.78, 5) is 8.76. The maximum atomic E-state index is 4.48. The van der Waals surface area contributed by atoms with Crippen LogP contribution >= 0.6 is 11.8 Å². The van der Waals surface area contributed by atoms with Crippen molar-refractivity contribution < 1.29 is 0 Å². The van der Waals surface area contributed by atoms with Gasteiger partial charge >= 0.3 is 0 Å². The number of rotatable bonds is 4. The summed E-state index contributed by atoms with van der Waals surface area (Å²) in [7, 11) is 1.94. The van der Waals surface area contributed by atoms with Gasteiger partial charge in [0, 0.05) is 18.9 Å². The van der Waals surface area contributed by atoms with E-state index in [0.717, 1.165) is 16.6 Å². The zero-order chi connectivity index (χ0) is 12.1. The first-order chi connectivity index (χ1) is 8.29. The molecule has 88 valence electrons. The van der Waals surface area contributed by atoms with Gasteiger partial charge in [-0.05, 0) is 49.0 Å². The number of nitrogens with one attached hydrogen (secondary N) is 1. The van der Waals surface area contributed by atoms with Crippen LogP contribution in [0.1, 0.15) is 11.1 Å². The largest absolute Gasteiger partial charge is 0.316 e. The van der Waals surface area contributed by atoms with Gasteiger partial charge in [0.05, 0.1) is 0 Å². The van der Waals surface area contributed by atoms with Crippen LogP contribution in [0.3, 0.4) is 0 Å².